The van der Waals surface area contributed by atoms with Crippen LogP contribution >= 0.6 is 11.6 Å². The minimum atomic E-state index is -0.638. The Morgan fingerprint density at radius 3 is 2.68 bits per heavy atom. The number of rotatable bonds is 8. The Morgan fingerprint density at radius 1 is 1.16 bits per heavy atom. The van der Waals surface area contributed by atoms with Crippen LogP contribution in [0.1, 0.15) is 33.8 Å². The number of nitrogens with one attached hydrogen (secondary N) is 1. The van der Waals surface area contributed by atoms with Crippen LogP contribution in [0.3, 0.4) is 0 Å². The largest absolute Gasteiger partial charge is 0.491 e. The molecule has 0 amide bonds. The van der Waals surface area contributed by atoms with Crippen molar-refractivity contribution in [3.63, 3.8) is 0 Å². The number of halogens is 1. The normalized spacial score (nSPS) is 13.6. The van der Waals surface area contributed by atoms with Gasteiger partial charge in [-0.1, -0.05) is 16.8 Å². The second kappa shape index (κ2) is 10.7. The monoisotopic (exact) mass is 534 g/mol. The number of ether oxygens (including phenoxy) is 1. The molecule has 0 saturated heterocycles. The molecule has 0 saturated carbocycles. The predicted octanol–water partition coefficient (Wildman–Crippen LogP) is 4.56. The maximum absolute atomic E-state index is 10.1. The van der Waals surface area contributed by atoms with Gasteiger partial charge < -0.3 is 24.6 Å². The first-order chi connectivity index (χ1) is 18.3. The van der Waals surface area contributed by atoms with Gasteiger partial charge in [0.2, 0.25) is 0 Å². The molecule has 0 bridgehead atoms. The van der Waals surface area contributed by atoms with E-state index in [1.54, 1.807) is 19.2 Å². The average Bonchev–Trinajstić information content (AvgIpc) is 3.48. The quantitative estimate of drug-likeness (QED) is 0.336. The third-order valence-electron chi connectivity index (χ3n) is 6.82. The van der Waals surface area contributed by atoms with E-state index in [0.29, 0.717) is 47.6 Å². The van der Waals surface area contributed by atoms with E-state index in [4.69, 9.17) is 30.8 Å². The van der Waals surface area contributed by atoms with Crippen molar-refractivity contribution >= 4 is 17.4 Å². The molecule has 2 N–H and O–H groups in total. The molecule has 0 spiro atoms. The summed E-state index contributed by atoms with van der Waals surface area (Å²) in [6, 6.07) is 7.38. The SMILES string of the molecule is CNC[C@@H](O)COc1ccc(Cl)c(-c2nc(-c3c(C)noc3C)c(C)c(N3Cc4nccc(C)c4C3)n2)c1. The molecule has 1 aromatic carbocycles. The van der Waals surface area contributed by atoms with E-state index in [-0.39, 0.29) is 6.61 Å². The Hall–Kier alpha value is -3.53. The number of hydrogen-bond donors (Lipinski definition) is 2. The average molecular weight is 535 g/mol. The van der Waals surface area contributed by atoms with Gasteiger partial charge in [-0.2, -0.15) is 0 Å². The van der Waals surface area contributed by atoms with E-state index in [1.807, 2.05) is 39.1 Å². The fourth-order valence-corrected chi connectivity index (χ4v) is 5.03. The Labute approximate surface area is 226 Å². The summed E-state index contributed by atoms with van der Waals surface area (Å²) in [4.78, 5) is 16.8. The summed E-state index contributed by atoms with van der Waals surface area (Å²) in [6.45, 7) is 9.84. The summed E-state index contributed by atoms with van der Waals surface area (Å²) < 4.78 is 11.3. The molecule has 4 aromatic rings. The van der Waals surface area contributed by atoms with Crippen molar-refractivity contribution in [1.82, 2.24) is 25.4 Å². The maximum atomic E-state index is 10.1. The highest BCUT2D eigenvalue weighted by molar-refractivity contribution is 6.33. The van der Waals surface area contributed by atoms with Crippen molar-refractivity contribution in [3.05, 3.63) is 69.3 Å². The third kappa shape index (κ3) is 4.97. The Balaban J connectivity index is 1.61. The summed E-state index contributed by atoms with van der Waals surface area (Å²) in [7, 11) is 1.78. The van der Waals surface area contributed by atoms with Gasteiger partial charge in [0.1, 0.15) is 30.0 Å². The first-order valence-corrected chi connectivity index (χ1v) is 12.9. The number of nitrogens with zero attached hydrogens (tertiary/aromatic N) is 5. The predicted molar refractivity (Wildman–Crippen MR) is 146 cm³/mol. The second-order valence-corrected chi connectivity index (χ2v) is 10.0. The molecular weight excluding hydrogens is 504 g/mol. The molecular formula is C28H31ClN6O3. The summed E-state index contributed by atoms with van der Waals surface area (Å²) in [6.07, 6.45) is 1.21. The number of likely N-dealkylation sites (N-methyl/N-ethyl adjacent to an activating group) is 1. The lowest BCUT2D eigenvalue weighted by Crippen LogP contribution is -2.29. The van der Waals surface area contributed by atoms with Gasteiger partial charge in [-0.05, 0) is 70.1 Å². The van der Waals surface area contributed by atoms with Gasteiger partial charge in [0.05, 0.1) is 34.2 Å². The minimum absolute atomic E-state index is 0.143. The summed E-state index contributed by atoms with van der Waals surface area (Å²) >= 11 is 6.68. The fraction of sp³-hybridized carbons (Fsp3) is 0.357. The number of pyridine rings is 1. The minimum Gasteiger partial charge on any atom is -0.491 e. The Bertz CT molecular complexity index is 1470. The van der Waals surface area contributed by atoms with Gasteiger partial charge >= 0.3 is 0 Å². The lowest BCUT2D eigenvalue weighted by molar-refractivity contribution is 0.108. The molecule has 9 nitrogen and oxygen atoms in total. The summed E-state index contributed by atoms with van der Waals surface area (Å²) in [5.41, 5.74) is 7.39. The molecule has 1 aliphatic heterocycles. The topological polar surface area (TPSA) is 109 Å². The number of aliphatic hydroxyl groups excluding tert-OH is 1. The number of anilines is 1. The molecule has 198 valence electrons. The molecule has 4 heterocycles. The van der Waals surface area contributed by atoms with Gasteiger partial charge in [-0.3, -0.25) is 4.98 Å². The van der Waals surface area contributed by atoms with Crippen LogP contribution in [0.15, 0.2) is 35.0 Å². The molecule has 3 aromatic heterocycles. The zero-order valence-electron chi connectivity index (χ0n) is 22.2. The van der Waals surface area contributed by atoms with Gasteiger partial charge in [-0.15, -0.1) is 0 Å². The van der Waals surface area contributed by atoms with E-state index in [9.17, 15) is 5.11 Å². The maximum Gasteiger partial charge on any atom is 0.163 e. The van der Waals surface area contributed by atoms with E-state index < -0.39 is 6.10 Å². The lowest BCUT2D eigenvalue weighted by atomic mass is 10.0. The first-order valence-electron chi connectivity index (χ1n) is 12.5. The van der Waals surface area contributed by atoms with Gasteiger partial charge in [0.15, 0.2) is 5.82 Å². The van der Waals surface area contributed by atoms with Crippen LogP contribution < -0.4 is 15.0 Å². The van der Waals surface area contributed by atoms with E-state index in [0.717, 1.165) is 34.0 Å². The van der Waals surface area contributed by atoms with Crippen molar-refractivity contribution in [1.29, 1.82) is 0 Å². The lowest BCUT2D eigenvalue weighted by Gasteiger charge is -2.22. The summed E-state index contributed by atoms with van der Waals surface area (Å²) in [5, 5.41) is 17.7. The van der Waals surface area contributed by atoms with Crippen LogP contribution in [0.4, 0.5) is 5.82 Å². The zero-order valence-corrected chi connectivity index (χ0v) is 22.9. The number of aromatic nitrogens is 4. The van der Waals surface area contributed by atoms with Crippen LogP contribution in [0.5, 0.6) is 5.75 Å². The zero-order chi connectivity index (χ0) is 27.0. The van der Waals surface area contributed by atoms with Crippen LogP contribution in [-0.2, 0) is 13.1 Å². The molecule has 0 fully saturated rings. The van der Waals surface area contributed by atoms with Gasteiger partial charge in [0.25, 0.3) is 0 Å². The van der Waals surface area contributed by atoms with Gasteiger partial charge in [-0.25, -0.2) is 9.97 Å². The standard InChI is InChI=1S/C28H31ClN6O3/c1-15-8-9-31-24-13-35(12-22(15)24)28-16(2)26(25-17(3)34-38-18(25)4)32-27(33-28)21-10-20(6-7-23(21)29)37-14-19(36)11-30-5/h6-10,19,30,36H,11-14H2,1-5H3/t19-/m1/s1. The highest BCUT2D eigenvalue weighted by Crippen LogP contribution is 2.39. The van der Waals surface area contributed by atoms with Crippen molar-refractivity contribution in [3.8, 4) is 28.4 Å². The van der Waals surface area contributed by atoms with Crippen molar-refractivity contribution in [2.45, 2.75) is 46.9 Å². The molecule has 5 rings (SSSR count). The molecule has 38 heavy (non-hydrogen) atoms. The first kappa shape index (κ1) is 26.1. The van der Waals surface area contributed by atoms with Crippen molar-refractivity contribution in [2.75, 3.05) is 25.1 Å². The smallest absolute Gasteiger partial charge is 0.163 e. The highest BCUT2D eigenvalue weighted by atomic mass is 35.5. The molecule has 0 unspecified atom stereocenters. The molecule has 0 radical (unpaired) electrons. The summed E-state index contributed by atoms with van der Waals surface area (Å²) in [5.74, 6) is 2.52. The molecule has 10 heteroatoms. The molecule has 0 aliphatic carbocycles. The van der Waals surface area contributed by atoms with E-state index in [2.05, 4.69) is 27.3 Å². The second-order valence-electron chi connectivity index (χ2n) is 9.62. The van der Waals surface area contributed by atoms with Crippen molar-refractivity contribution < 1.29 is 14.4 Å². The molecule has 1 aliphatic rings. The third-order valence-corrected chi connectivity index (χ3v) is 7.15. The van der Waals surface area contributed by atoms with Crippen LogP contribution in [0, 0.1) is 27.7 Å². The Kier molecular flexibility index (Phi) is 7.34. The van der Waals surface area contributed by atoms with Gasteiger partial charge in [0, 0.05) is 30.4 Å². The fourth-order valence-electron chi connectivity index (χ4n) is 4.82. The Morgan fingerprint density at radius 2 is 1.97 bits per heavy atom. The highest BCUT2D eigenvalue weighted by Gasteiger charge is 2.28. The number of fused-ring (bicyclic) bond motifs is 1. The van der Waals surface area contributed by atoms with E-state index in [1.165, 1.54) is 11.1 Å². The number of aliphatic hydroxyl groups is 1. The van der Waals surface area contributed by atoms with Crippen LogP contribution in [0.2, 0.25) is 5.02 Å². The van der Waals surface area contributed by atoms with Crippen LogP contribution in [0.25, 0.3) is 22.6 Å². The van der Waals surface area contributed by atoms with E-state index >= 15 is 0 Å². The van der Waals surface area contributed by atoms with Crippen molar-refractivity contribution in [2.24, 2.45) is 0 Å². The van der Waals surface area contributed by atoms with Crippen LogP contribution in [-0.4, -0.2) is 51.5 Å². The molecule has 1 atom stereocenters. The number of benzene rings is 1. The number of aryl methyl sites for hydroxylation is 3. The number of hydrogen-bond acceptors (Lipinski definition) is 9.